The van der Waals surface area contributed by atoms with Gasteiger partial charge in [-0.1, -0.05) is 11.6 Å². The number of rotatable bonds is 2. The third-order valence-electron chi connectivity index (χ3n) is 4.02. The minimum absolute atomic E-state index is 0.0892. The normalized spacial score (nSPS) is 17.0. The fraction of sp³-hybridized carbons (Fsp3) is 0.375. The fourth-order valence-corrected chi connectivity index (χ4v) is 3.18. The SMILES string of the molecule is CCOC(=O)c1cn2c3c(c(Cl)ccc3c1=O)CCC2C. The standard InChI is InChI=1S/C16H16ClNO3/c1-3-21-16(20)12-8-18-9(2)4-5-10-13(17)7-6-11(14(10)18)15(12)19/h6-9H,3-5H2,1-2H3. The number of ether oxygens (including phenoxy) is 1. The molecule has 0 bridgehead atoms. The van der Waals surface area contributed by atoms with Gasteiger partial charge in [0, 0.05) is 22.6 Å². The van der Waals surface area contributed by atoms with Gasteiger partial charge in [0.15, 0.2) is 0 Å². The Kier molecular flexibility index (Phi) is 3.49. The van der Waals surface area contributed by atoms with E-state index in [-0.39, 0.29) is 23.6 Å². The lowest BCUT2D eigenvalue weighted by molar-refractivity contribution is 0.0524. The van der Waals surface area contributed by atoms with E-state index in [2.05, 4.69) is 6.92 Å². The molecular weight excluding hydrogens is 290 g/mol. The molecular formula is C16H16ClNO3. The van der Waals surface area contributed by atoms with E-state index in [0.717, 1.165) is 23.9 Å². The lowest BCUT2D eigenvalue weighted by Gasteiger charge is -2.27. The Morgan fingerprint density at radius 1 is 1.48 bits per heavy atom. The van der Waals surface area contributed by atoms with Crippen LogP contribution >= 0.6 is 11.6 Å². The highest BCUT2D eigenvalue weighted by molar-refractivity contribution is 6.32. The van der Waals surface area contributed by atoms with Gasteiger partial charge in [0.05, 0.1) is 12.1 Å². The van der Waals surface area contributed by atoms with Crippen molar-refractivity contribution in [1.82, 2.24) is 4.57 Å². The summed E-state index contributed by atoms with van der Waals surface area (Å²) >= 11 is 6.25. The smallest absolute Gasteiger partial charge is 0.343 e. The number of hydrogen-bond acceptors (Lipinski definition) is 3. The van der Waals surface area contributed by atoms with E-state index in [1.54, 1.807) is 25.3 Å². The van der Waals surface area contributed by atoms with Gasteiger partial charge in [-0.2, -0.15) is 0 Å². The van der Waals surface area contributed by atoms with Crippen LogP contribution in [-0.4, -0.2) is 17.1 Å². The first-order chi connectivity index (χ1) is 10.0. The van der Waals surface area contributed by atoms with Gasteiger partial charge in [0.1, 0.15) is 5.56 Å². The monoisotopic (exact) mass is 305 g/mol. The molecule has 1 atom stereocenters. The van der Waals surface area contributed by atoms with Crippen molar-refractivity contribution in [3.8, 4) is 0 Å². The highest BCUT2D eigenvalue weighted by Gasteiger charge is 2.24. The average Bonchev–Trinajstić information content (AvgIpc) is 2.46. The molecule has 1 aliphatic heterocycles. The van der Waals surface area contributed by atoms with Gasteiger partial charge in [-0.25, -0.2) is 4.79 Å². The van der Waals surface area contributed by atoms with Crippen molar-refractivity contribution in [2.45, 2.75) is 32.7 Å². The van der Waals surface area contributed by atoms with E-state index in [1.807, 2.05) is 4.57 Å². The maximum absolute atomic E-state index is 12.5. The molecule has 0 aliphatic carbocycles. The number of carbonyl (C=O) groups is 1. The molecule has 0 amide bonds. The molecule has 3 rings (SSSR count). The molecule has 1 aliphatic rings. The molecule has 0 N–H and O–H groups in total. The molecule has 1 aromatic heterocycles. The first kappa shape index (κ1) is 14.1. The Bertz CT molecular complexity index is 794. The van der Waals surface area contributed by atoms with Crippen molar-refractivity contribution in [3.63, 3.8) is 0 Å². The van der Waals surface area contributed by atoms with Gasteiger partial charge in [-0.05, 0) is 44.4 Å². The highest BCUT2D eigenvalue weighted by Crippen LogP contribution is 2.34. The molecule has 0 saturated carbocycles. The number of nitrogens with zero attached hydrogens (tertiary/aromatic N) is 1. The molecule has 0 fully saturated rings. The number of aryl methyl sites for hydroxylation is 1. The molecule has 1 unspecified atom stereocenters. The van der Waals surface area contributed by atoms with Crippen molar-refractivity contribution >= 4 is 28.5 Å². The van der Waals surface area contributed by atoms with Crippen LogP contribution in [0.2, 0.25) is 5.02 Å². The summed E-state index contributed by atoms with van der Waals surface area (Å²) in [5.74, 6) is -0.567. The van der Waals surface area contributed by atoms with Gasteiger partial charge in [0.2, 0.25) is 5.43 Å². The van der Waals surface area contributed by atoms with Crippen LogP contribution in [0.3, 0.4) is 0 Å². The van der Waals surface area contributed by atoms with E-state index in [1.165, 1.54) is 0 Å². The zero-order chi connectivity index (χ0) is 15.1. The summed E-state index contributed by atoms with van der Waals surface area (Å²) in [5.41, 5.74) is 1.64. The summed E-state index contributed by atoms with van der Waals surface area (Å²) in [4.78, 5) is 24.5. The minimum atomic E-state index is -0.567. The lowest BCUT2D eigenvalue weighted by Crippen LogP contribution is -2.25. The summed E-state index contributed by atoms with van der Waals surface area (Å²) in [5, 5.41) is 1.21. The van der Waals surface area contributed by atoms with Gasteiger partial charge in [-0.15, -0.1) is 0 Å². The number of carbonyl (C=O) groups excluding carboxylic acids is 1. The molecule has 1 aromatic carbocycles. The Balaban J connectivity index is 2.37. The molecule has 4 nitrogen and oxygen atoms in total. The summed E-state index contributed by atoms with van der Waals surface area (Å²) < 4.78 is 6.97. The van der Waals surface area contributed by atoms with Gasteiger partial charge < -0.3 is 9.30 Å². The predicted molar refractivity (Wildman–Crippen MR) is 82.2 cm³/mol. The molecule has 0 spiro atoms. The Morgan fingerprint density at radius 2 is 2.24 bits per heavy atom. The van der Waals surface area contributed by atoms with E-state index in [9.17, 15) is 9.59 Å². The van der Waals surface area contributed by atoms with Crippen molar-refractivity contribution in [3.05, 3.63) is 44.7 Å². The molecule has 2 heterocycles. The second-order valence-corrected chi connectivity index (χ2v) is 5.72. The molecule has 110 valence electrons. The molecule has 2 aromatic rings. The topological polar surface area (TPSA) is 48.3 Å². The van der Waals surface area contributed by atoms with Gasteiger partial charge >= 0.3 is 5.97 Å². The summed E-state index contributed by atoms with van der Waals surface area (Å²) in [6.07, 6.45) is 3.39. The third-order valence-corrected chi connectivity index (χ3v) is 4.38. The fourth-order valence-electron chi connectivity index (χ4n) is 2.93. The van der Waals surface area contributed by atoms with E-state index < -0.39 is 5.97 Å². The lowest BCUT2D eigenvalue weighted by atomic mass is 9.96. The van der Waals surface area contributed by atoms with Crippen molar-refractivity contribution in [2.75, 3.05) is 6.61 Å². The quantitative estimate of drug-likeness (QED) is 0.800. The molecule has 21 heavy (non-hydrogen) atoms. The Labute approximate surface area is 127 Å². The van der Waals surface area contributed by atoms with Crippen LogP contribution in [0.25, 0.3) is 10.9 Å². The van der Waals surface area contributed by atoms with Crippen LogP contribution in [0.15, 0.2) is 23.1 Å². The number of benzene rings is 1. The summed E-state index contributed by atoms with van der Waals surface area (Å²) in [7, 11) is 0. The number of pyridine rings is 1. The molecule has 0 saturated heterocycles. The van der Waals surface area contributed by atoms with Crippen molar-refractivity contribution in [2.24, 2.45) is 0 Å². The first-order valence-corrected chi connectivity index (χ1v) is 7.45. The molecule has 0 radical (unpaired) electrons. The van der Waals surface area contributed by atoms with Gasteiger partial charge in [-0.3, -0.25) is 4.79 Å². The Hall–Kier alpha value is -1.81. The highest BCUT2D eigenvalue weighted by atomic mass is 35.5. The van der Waals surface area contributed by atoms with Crippen molar-refractivity contribution in [1.29, 1.82) is 0 Å². The Morgan fingerprint density at radius 3 is 2.95 bits per heavy atom. The summed E-state index contributed by atoms with van der Waals surface area (Å²) in [6, 6.07) is 3.64. The van der Waals surface area contributed by atoms with E-state index >= 15 is 0 Å². The average molecular weight is 306 g/mol. The van der Waals surface area contributed by atoms with Gasteiger partial charge in [0.25, 0.3) is 0 Å². The third kappa shape index (κ3) is 2.14. The number of hydrogen-bond donors (Lipinski definition) is 0. The second kappa shape index (κ2) is 5.19. The predicted octanol–water partition coefficient (Wildman–Crippen LogP) is 3.34. The second-order valence-electron chi connectivity index (χ2n) is 5.31. The van der Waals surface area contributed by atoms with E-state index in [0.29, 0.717) is 10.4 Å². The first-order valence-electron chi connectivity index (χ1n) is 7.08. The van der Waals surface area contributed by atoms with Crippen LogP contribution in [-0.2, 0) is 11.2 Å². The van der Waals surface area contributed by atoms with E-state index in [4.69, 9.17) is 16.3 Å². The van der Waals surface area contributed by atoms with Crippen LogP contribution < -0.4 is 5.43 Å². The zero-order valence-corrected chi connectivity index (χ0v) is 12.7. The van der Waals surface area contributed by atoms with Crippen LogP contribution in [0.4, 0.5) is 0 Å². The summed E-state index contributed by atoms with van der Waals surface area (Å²) in [6.45, 7) is 4.04. The van der Waals surface area contributed by atoms with Crippen LogP contribution in [0, 0.1) is 0 Å². The zero-order valence-electron chi connectivity index (χ0n) is 12.0. The van der Waals surface area contributed by atoms with Crippen LogP contribution in [0.5, 0.6) is 0 Å². The minimum Gasteiger partial charge on any atom is -0.462 e. The molecule has 5 heteroatoms. The van der Waals surface area contributed by atoms with Crippen LogP contribution in [0.1, 0.15) is 42.2 Å². The number of halogens is 1. The number of esters is 1. The maximum atomic E-state index is 12.5. The van der Waals surface area contributed by atoms with Crippen molar-refractivity contribution < 1.29 is 9.53 Å². The maximum Gasteiger partial charge on any atom is 0.343 e. The largest absolute Gasteiger partial charge is 0.462 e. The number of aromatic nitrogens is 1.